The van der Waals surface area contributed by atoms with Crippen molar-refractivity contribution in [3.8, 4) is 17.0 Å². The zero-order valence-electron chi connectivity index (χ0n) is 14.5. The third-order valence-electron chi connectivity index (χ3n) is 4.28. The lowest BCUT2D eigenvalue weighted by Gasteiger charge is -2.28. The molecule has 5 nitrogen and oxygen atoms in total. The SMILES string of the molecule is Cc1ccc(-c2ccc3c(n2)N(C(=O)Nc2ccccc2)CCO3)cc1. The zero-order chi connectivity index (χ0) is 17.9. The van der Waals surface area contributed by atoms with Gasteiger partial charge in [0.15, 0.2) is 11.6 Å². The number of aryl methyl sites for hydroxylation is 1. The van der Waals surface area contributed by atoms with Gasteiger partial charge in [-0.3, -0.25) is 4.90 Å². The average molecular weight is 345 g/mol. The number of urea groups is 1. The molecule has 1 aliphatic heterocycles. The Balaban J connectivity index is 1.65. The van der Waals surface area contributed by atoms with Gasteiger partial charge in [0.1, 0.15) is 6.61 Å². The van der Waals surface area contributed by atoms with Crippen LogP contribution in [0.4, 0.5) is 16.3 Å². The molecule has 2 aromatic carbocycles. The van der Waals surface area contributed by atoms with Gasteiger partial charge >= 0.3 is 6.03 Å². The molecular formula is C21H19N3O2. The lowest BCUT2D eigenvalue weighted by Crippen LogP contribution is -2.41. The van der Waals surface area contributed by atoms with Crippen LogP contribution < -0.4 is 15.0 Å². The van der Waals surface area contributed by atoms with Crippen LogP contribution in [0.25, 0.3) is 11.3 Å². The molecule has 2 heterocycles. The first-order chi connectivity index (χ1) is 12.7. The second-order valence-electron chi connectivity index (χ2n) is 6.18. The van der Waals surface area contributed by atoms with Crippen molar-refractivity contribution in [2.75, 3.05) is 23.4 Å². The highest BCUT2D eigenvalue weighted by Gasteiger charge is 2.26. The largest absolute Gasteiger partial charge is 0.488 e. The number of ether oxygens (including phenoxy) is 1. The number of aromatic nitrogens is 1. The van der Waals surface area contributed by atoms with Crippen LogP contribution in [0.3, 0.4) is 0 Å². The molecular weight excluding hydrogens is 326 g/mol. The van der Waals surface area contributed by atoms with Gasteiger partial charge in [-0.05, 0) is 31.2 Å². The molecule has 26 heavy (non-hydrogen) atoms. The summed E-state index contributed by atoms with van der Waals surface area (Å²) in [5, 5.41) is 2.91. The number of carbonyl (C=O) groups excluding carboxylic acids is 1. The van der Waals surface area contributed by atoms with Crippen LogP contribution in [0.1, 0.15) is 5.56 Å². The first-order valence-electron chi connectivity index (χ1n) is 8.55. The minimum absolute atomic E-state index is 0.214. The second-order valence-corrected chi connectivity index (χ2v) is 6.18. The van der Waals surface area contributed by atoms with E-state index in [1.807, 2.05) is 73.7 Å². The number of amides is 2. The van der Waals surface area contributed by atoms with Crippen LogP contribution in [-0.2, 0) is 0 Å². The predicted octanol–water partition coefficient (Wildman–Crippen LogP) is 4.49. The van der Waals surface area contributed by atoms with Crippen molar-refractivity contribution >= 4 is 17.5 Å². The molecule has 0 radical (unpaired) electrons. The lowest BCUT2D eigenvalue weighted by molar-refractivity contribution is 0.249. The molecule has 130 valence electrons. The van der Waals surface area contributed by atoms with Crippen molar-refractivity contribution in [3.05, 3.63) is 72.3 Å². The van der Waals surface area contributed by atoms with Gasteiger partial charge in [0.25, 0.3) is 0 Å². The number of nitrogens with zero attached hydrogens (tertiary/aromatic N) is 2. The maximum Gasteiger partial charge on any atom is 0.327 e. The Kier molecular flexibility index (Phi) is 4.27. The summed E-state index contributed by atoms with van der Waals surface area (Å²) in [6.07, 6.45) is 0. The molecule has 2 amide bonds. The van der Waals surface area contributed by atoms with Crippen molar-refractivity contribution in [2.45, 2.75) is 6.92 Å². The van der Waals surface area contributed by atoms with Crippen molar-refractivity contribution in [1.29, 1.82) is 0 Å². The van der Waals surface area contributed by atoms with E-state index in [-0.39, 0.29) is 6.03 Å². The molecule has 1 aromatic heterocycles. The normalized spacial score (nSPS) is 12.9. The van der Waals surface area contributed by atoms with Crippen molar-refractivity contribution < 1.29 is 9.53 Å². The van der Waals surface area contributed by atoms with Gasteiger partial charge in [0.2, 0.25) is 0 Å². The third kappa shape index (κ3) is 3.24. The zero-order valence-corrected chi connectivity index (χ0v) is 14.5. The summed E-state index contributed by atoms with van der Waals surface area (Å²) in [5.74, 6) is 1.16. The first kappa shape index (κ1) is 16.1. The molecule has 0 spiro atoms. The fraction of sp³-hybridized carbons (Fsp3) is 0.143. The Labute approximate surface area is 152 Å². The number of fused-ring (bicyclic) bond motifs is 1. The molecule has 0 unspecified atom stereocenters. The molecule has 5 heteroatoms. The number of nitrogens with one attached hydrogen (secondary N) is 1. The van der Waals surface area contributed by atoms with E-state index in [0.717, 1.165) is 16.9 Å². The number of hydrogen-bond donors (Lipinski definition) is 1. The molecule has 0 atom stereocenters. The molecule has 0 bridgehead atoms. The van der Waals surface area contributed by atoms with E-state index < -0.39 is 0 Å². The standard InChI is InChI=1S/C21H19N3O2/c1-15-7-9-16(10-8-15)18-11-12-19-20(23-18)24(13-14-26-19)21(25)22-17-5-3-2-4-6-17/h2-12H,13-14H2,1H3,(H,22,25). The molecule has 0 saturated carbocycles. The molecule has 4 rings (SSSR count). The minimum Gasteiger partial charge on any atom is -0.488 e. The van der Waals surface area contributed by atoms with E-state index in [4.69, 9.17) is 9.72 Å². The summed E-state index contributed by atoms with van der Waals surface area (Å²) in [7, 11) is 0. The minimum atomic E-state index is -0.214. The lowest BCUT2D eigenvalue weighted by atomic mass is 10.1. The number of hydrogen-bond acceptors (Lipinski definition) is 3. The Bertz CT molecular complexity index is 924. The van der Waals surface area contributed by atoms with Crippen molar-refractivity contribution in [2.24, 2.45) is 0 Å². The van der Waals surface area contributed by atoms with Crippen molar-refractivity contribution in [1.82, 2.24) is 4.98 Å². The van der Waals surface area contributed by atoms with Gasteiger partial charge in [-0.25, -0.2) is 9.78 Å². The van der Waals surface area contributed by atoms with E-state index >= 15 is 0 Å². The highest BCUT2D eigenvalue weighted by molar-refractivity contribution is 6.02. The highest BCUT2D eigenvalue weighted by atomic mass is 16.5. The Morgan fingerprint density at radius 3 is 2.58 bits per heavy atom. The smallest absolute Gasteiger partial charge is 0.327 e. The van der Waals surface area contributed by atoms with Crippen LogP contribution in [-0.4, -0.2) is 24.2 Å². The number of rotatable bonds is 2. The van der Waals surface area contributed by atoms with Crippen molar-refractivity contribution in [3.63, 3.8) is 0 Å². The van der Waals surface area contributed by atoms with Crippen LogP contribution >= 0.6 is 0 Å². The molecule has 0 saturated heterocycles. The molecule has 3 aromatic rings. The van der Waals surface area contributed by atoms with Gasteiger partial charge in [0.05, 0.1) is 12.2 Å². The van der Waals surface area contributed by atoms with Gasteiger partial charge in [-0.1, -0.05) is 48.0 Å². The van der Waals surface area contributed by atoms with Crippen LogP contribution in [0.2, 0.25) is 0 Å². The van der Waals surface area contributed by atoms with E-state index in [9.17, 15) is 4.79 Å². The van der Waals surface area contributed by atoms with Crippen LogP contribution in [0.15, 0.2) is 66.7 Å². The summed E-state index contributed by atoms with van der Waals surface area (Å²) in [5.41, 5.74) is 3.76. The van der Waals surface area contributed by atoms with Gasteiger partial charge in [-0.2, -0.15) is 0 Å². The number of para-hydroxylation sites is 1. The van der Waals surface area contributed by atoms with Gasteiger partial charge in [-0.15, -0.1) is 0 Å². The molecule has 0 aliphatic carbocycles. The summed E-state index contributed by atoms with van der Waals surface area (Å²) >= 11 is 0. The van der Waals surface area contributed by atoms with E-state index in [0.29, 0.717) is 24.7 Å². The van der Waals surface area contributed by atoms with E-state index in [2.05, 4.69) is 5.32 Å². The summed E-state index contributed by atoms with van der Waals surface area (Å²) < 4.78 is 5.68. The first-order valence-corrected chi connectivity index (χ1v) is 8.55. The molecule has 0 fully saturated rings. The fourth-order valence-electron chi connectivity index (χ4n) is 2.89. The number of carbonyl (C=O) groups is 1. The highest BCUT2D eigenvalue weighted by Crippen LogP contribution is 2.33. The number of pyridine rings is 1. The quantitative estimate of drug-likeness (QED) is 0.744. The van der Waals surface area contributed by atoms with Crippen LogP contribution in [0, 0.1) is 6.92 Å². The predicted molar refractivity (Wildman–Crippen MR) is 103 cm³/mol. The summed E-state index contributed by atoms with van der Waals surface area (Å²) in [6.45, 7) is 2.95. The number of benzene rings is 2. The average Bonchev–Trinajstić information content (AvgIpc) is 2.68. The maximum atomic E-state index is 12.7. The Morgan fingerprint density at radius 1 is 1.04 bits per heavy atom. The summed E-state index contributed by atoms with van der Waals surface area (Å²) in [6, 6.07) is 21.1. The molecule has 1 aliphatic rings. The summed E-state index contributed by atoms with van der Waals surface area (Å²) in [4.78, 5) is 19.1. The monoisotopic (exact) mass is 345 g/mol. The fourth-order valence-corrected chi connectivity index (χ4v) is 2.89. The van der Waals surface area contributed by atoms with E-state index in [1.54, 1.807) is 4.90 Å². The van der Waals surface area contributed by atoms with Gasteiger partial charge < -0.3 is 10.1 Å². The molecule has 1 N–H and O–H groups in total. The number of anilines is 2. The maximum absolute atomic E-state index is 12.7. The van der Waals surface area contributed by atoms with Crippen LogP contribution in [0.5, 0.6) is 5.75 Å². The Hall–Kier alpha value is -3.34. The topological polar surface area (TPSA) is 54.5 Å². The third-order valence-corrected chi connectivity index (χ3v) is 4.28. The van der Waals surface area contributed by atoms with E-state index in [1.165, 1.54) is 5.56 Å². The Morgan fingerprint density at radius 2 is 1.81 bits per heavy atom. The van der Waals surface area contributed by atoms with Gasteiger partial charge in [0, 0.05) is 11.3 Å². The second kappa shape index (κ2) is 6.88.